The highest BCUT2D eigenvalue weighted by Crippen LogP contribution is 2.38. The molecule has 0 aromatic carbocycles. The summed E-state index contributed by atoms with van der Waals surface area (Å²) >= 11 is 0. The Morgan fingerprint density at radius 3 is 2.96 bits per heavy atom. The fraction of sp³-hybridized carbons (Fsp3) is 0.706. The first kappa shape index (κ1) is 15.6. The van der Waals surface area contributed by atoms with Crippen molar-refractivity contribution in [1.29, 1.82) is 0 Å². The van der Waals surface area contributed by atoms with Crippen LogP contribution < -0.4 is 5.32 Å². The maximum atomic E-state index is 13.0. The van der Waals surface area contributed by atoms with Gasteiger partial charge in [-0.1, -0.05) is 5.16 Å². The van der Waals surface area contributed by atoms with Gasteiger partial charge in [-0.05, 0) is 51.5 Å². The molecule has 3 heterocycles. The molecule has 0 radical (unpaired) electrons. The fourth-order valence-electron chi connectivity index (χ4n) is 4.52. The van der Waals surface area contributed by atoms with Crippen LogP contribution in [0.5, 0.6) is 0 Å². The second kappa shape index (κ2) is 5.88. The van der Waals surface area contributed by atoms with Crippen molar-refractivity contribution in [3.8, 4) is 0 Å². The number of piperidine rings is 2. The molecule has 2 fully saturated rings. The molecule has 3 aliphatic rings. The molecule has 0 bridgehead atoms. The number of rotatable bonds is 2. The highest BCUT2D eigenvalue weighted by molar-refractivity contribution is 5.93. The molecule has 130 valence electrons. The number of aryl methyl sites for hydroxylation is 1. The number of carboxylic acids is 1. The number of amides is 1. The molecule has 2 atom stereocenters. The molecule has 7 heteroatoms. The highest BCUT2D eigenvalue weighted by atomic mass is 16.5. The van der Waals surface area contributed by atoms with Gasteiger partial charge in [-0.25, -0.2) is 0 Å². The fourth-order valence-corrected chi connectivity index (χ4v) is 4.52. The van der Waals surface area contributed by atoms with Gasteiger partial charge < -0.3 is 19.8 Å². The van der Waals surface area contributed by atoms with Gasteiger partial charge in [-0.2, -0.15) is 0 Å². The van der Waals surface area contributed by atoms with Crippen LogP contribution in [0.4, 0.5) is 0 Å². The Kier molecular flexibility index (Phi) is 3.83. The van der Waals surface area contributed by atoms with Gasteiger partial charge in [-0.3, -0.25) is 9.59 Å². The van der Waals surface area contributed by atoms with Crippen molar-refractivity contribution in [3.63, 3.8) is 0 Å². The Balaban J connectivity index is 1.59. The Morgan fingerprint density at radius 2 is 2.12 bits per heavy atom. The molecule has 1 aromatic rings. The number of hydrogen-bond acceptors (Lipinski definition) is 5. The zero-order valence-electron chi connectivity index (χ0n) is 13.7. The number of carbonyl (C=O) groups excluding carboxylic acids is 1. The molecule has 24 heavy (non-hydrogen) atoms. The third-order valence-electron chi connectivity index (χ3n) is 5.89. The van der Waals surface area contributed by atoms with Gasteiger partial charge >= 0.3 is 5.97 Å². The molecular weight excluding hydrogens is 310 g/mol. The van der Waals surface area contributed by atoms with Gasteiger partial charge in [0, 0.05) is 24.7 Å². The van der Waals surface area contributed by atoms with Crippen LogP contribution in [0, 0.1) is 5.41 Å². The maximum absolute atomic E-state index is 13.0. The van der Waals surface area contributed by atoms with Crippen LogP contribution in [-0.2, 0) is 17.6 Å². The Morgan fingerprint density at radius 1 is 1.29 bits per heavy atom. The van der Waals surface area contributed by atoms with Gasteiger partial charge in [0.25, 0.3) is 5.91 Å². The minimum absolute atomic E-state index is 0.0589. The summed E-state index contributed by atoms with van der Waals surface area (Å²) in [6.45, 7) is 1.65. The molecule has 0 saturated carbocycles. The molecular formula is C17H23N3O4. The number of aromatic nitrogens is 1. The van der Waals surface area contributed by atoms with Gasteiger partial charge in [0.05, 0.1) is 5.69 Å². The normalized spacial score (nSPS) is 29.7. The molecule has 7 nitrogen and oxygen atoms in total. The SMILES string of the molecule is O=C(c1onc2c1CCCC2)N1CC[C@H]2NCCC[C@]2(C(=O)O)C1. The largest absolute Gasteiger partial charge is 0.481 e. The molecule has 2 saturated heterocycles. The molecule has 2 N–H and O–H groups in total. The summed E-state index contributed by atoms with van der Waals surface area (Å²) in [6.07, 6.45) is 5.89. The van der Waals surface area contributed by atoms with Crippen LogP contribution in [0.25, 0.3) is 0 Å². The van der Waals surface area contributed by atoms with Crippen LogP contribution in [0.1, 0.15) is 53.9 Å². The first-order chi connectivity index (χ1) is 11.6. The monoisotopic (exact) mass is 333 g/mol. The van der Waals surface area contributed by atoms with Crippen LogP contribution >= 0.6 is 0 Å². The van der Waals surface area contributed by atoms with Gasteiger partial charge in [-0.15, -0.1) is 0 Å². The first-order valence-corrected chi connectivity index (χ1v) is 8.85. The molecule has 0 unspecified atom stereocenters. The predicted octanol–water partition coefficient (Wildman–Crippen LogP) is 1.22. The van der Waals surface area contributed by atoms with E-state index in [2.05, 4.69) is 10.5 Å². The number of aliphatic carboxylic acids is 1. The first-order valence-electron chi connectivity index (χ1n) is 8.85. The minimum Gasteiger partial charge on any atom is -0.481 e. The summed E-state index contributed by atoms with van der Waals surface area (Å²) in [5.41, 5.74) is 0.943. The van der Waals surface area contributed by atoms with E-state index in [-0.39, 0.29) is 18.5 Å². The third kappa shape index (κ3) is 2.33. The third-order valence-corrected chi connectivity index (χ3v) is 5.89. The lowest BCUT2D eigenvalue weighted by atomic mass is 9.70. The molecule has 4 rings (SSSR count). The number of carboxylic acid groups (broad SMARTS) is 1. The number of fused-ring (bicyclic) bond motifs is 2. The van der Waals surface area contributed by atoms with Gasteiger partial charge in [0.1, 0.15) is 5.41 Å². The number of nitrogens with one attached hydrogen (secondary N) is 1. The summed E-state index contributed by atoms with van der Waals surface area (Å²) in [6, 6.07) is -0.0589. The summed E-state index contributed by atoms with van der Waals surface area (Å²) in [5.74, 6) is -0.681. The van der Waals surface area contributed by atoms with Crippen molar-refractivity contribution in [2.24, 2.45) is 5.41 Å². The van der Waals surface area contributed by atoms with Crippen molar-refractivity contribution < 1.29 is 19.2 Å². The van der Waals surface area contributed by atoms with Gasteiger partial charge in [0.15, 0.2) is 0 Å². The van der Waals surface area contributed by atoms with E-state index < -0.39 is 11.4 Å². The van der Waals surface area contributed by atoms with Crippen molar-refractivity contribution in [1.82, 2.24) is 15.4 Å². The zero-order chi connectivity index (χ0) is 16.7. The van der Waals surface area contributed by atoms with E-state index in [1.54, 1.807) is 4.90 Å². The van der Waals surface area contributed by atoms with Gasteiger partial charge in [0.2, 0.25) is 5.76 Å². The Hall–Kier alpha value is -1.89. The smallest absolute Gasteiger partial charge is 0.313 e. The summed E-state index contributed by atoms with van der Waals surface area (Å²) < 4.78 is 5.36. The lowest BCUT2D eigenvalue weighted by molar-refractivity contribution is -0.156. The van der Waals surface area contributed by atoms with E-state index in [0.717, 1.165) is 49.9 Å². The number of carbonyl (C=O) groups is 2. The second-order valence-electron chi connectivity index (χ2n) is 7.23. The molecule has 2 aliphatic heterocycles. The van der Waals surface area contributed by atoms with E-state index in [4.69, 9.17) is 4.52 Å². The summed E-state index contributed by atoms with van der Waals surface area (Å²) in [5, 5.41) is 17.2. The molecule has 1 aliphatic carbocycles. The average molecular weight is 333 g/mol. The second-order valence-corrected chi connectivity index (χ2v) is 7.23. The van der Waals surface area contributed by atoms with Crippen molar-refractivity contribution in [2.75, 3.05) is 19.6 Å². The van der Waals surface area contributed by atoms with E-state index in [0.29, 0.717) is 25.1 Å². The topological polar surface area (TPSA) is 95.7 Å². The Labute approximate surface area is 140 Å². The summed E-state index contributed by atoms with van der Waals surface area (Å²) in [4.78, 5) is 26.6. The van der Waals surface area contributed by atoms with E-state index in [1.807, 2.05) is 0 Å². The predicted molar refractivity (Wildman–Crippen MR) is 84.8 cm³/mol. The van der Waals surface area contributed by atoms with Crippen LogP contribution in [0.15, 0.2) is 4.52 Å². The summed E-state index contributed by atoms with van der Waals surface area (Å²) in [7, 11) is 0. The number of nitrogens with zero attached hydrogens (tertiary/aromatic N) is 2. The lowest BCUT2D eigenvalue weighted by Gasteiger charge is -2.48. The molecule has 0 spiro atoms. The van der Waals surface area contributed by atoms with E-state index in [1.165, 1.54) is 0 Å². The van der Waals surface area contributed by atoms with Crippen LogP contribution in [0.3, 0.4) is 0 Å². The number of likely N-dealkylation sites (tertiary alicyclic amines) is 1. The van der Waals surface area contributed by atoms with Crippen molar-refractivity contribution in [2.45, 2.75) is 51.0 Å². The Bertz CT molecular complexity index is 671. The van der Waals surface area contributed by atoms with E-state index >= 15 is 0 Å². The lowest BCUT2D eigenvalue weighted by Crippen LogP contribution is -2.63. The highest BCUT2D eigenvalue weighted by Gasteiger charge is 2.52. The molecule has 1 aromatic heterocycles. The average Bonchev–Trinajstić information content (AvgIpc) is 3.04. The van der Waals surface area contributed by atoms with E-state index in [9.17, 15) is 14.7 Å². The molecule has 1 amide bonds. The quantitative estimate of drug-likeness (QED) is 0.845. The van der Waals surface area contributed by atoms with Crippen LogP contribution in [-0.4, -0.2) is 52.7 Å². The number of hydrogen-bond donors (Lipinski definition) is 2. The minimum atomic E-state index is -0.883. The zero-order valence-corrected chi connectivity index (χ0v) is 13.7. The maximum Gasteiger partial charge on any atom is 0.313 e. The van der Waals surface area contributed by atoms with Crippen molar-refractivity contribution >= 4 is 11.9 Å². The van der Waals surface area contributed by atoms with Crippen LogP contribution in [0.2, 0.25) is 0 Å². The van der Waals surface area contributed by atoms with Crippen molar-refractivity contribution in [3.05, 3.63) is 17.0 Å². The standard InChI is InChI=1S/C17H23N3O4/c21-15(14-11-4-1-2-5-12(11)19-24-14)20-9-6-13-17(10-20,16(22)23)7-3-8-18-13/h13,18H,1-10H2,(H,22,23)/t13-,17+/m1/s1.